The van der Waals surface area contributed by atoms with Crippen LogP contribution in [0.25, 0.3) is 0 Å². The highest BCUT2D eigenvalue weighted by Crippen LogP contribution is 2.23. The van der Waals surface area contributed by atoms with Gasteiger partial charge in [0.15, 0.2) is 0 Å². The van der Waals surface area contributed by atoms with Crippen LogP contribution in [-0.2, 0) is 5.41 Å². The molecule has 1 rings (SSSR count). The zero-order valence-electron chi connectivity index (χ0n) is 11.4. The molecule has 19 heavy (non-hydrogen) atoms. The minimum Gasteiger partial charge on any atom is -0.327 e. The molecule has 0 aromatic heterocycles. The van der Waals surface area contributed by atoms with Crippen LogP contribution in [0.1, 0.15) is 26.3 Å². The fraction of sp³-hybridized carbons (Fsp3) is 0.333. The van der Waals surface area contributed by atoms with Gasteiger partial charge < -0.3 is 10.6 Å². The van der Waals surface area contributed by atoms with E-state index in [1.807, 2.05) is 26.0 Å². The average Bonchev–Trinajstić information content (AvgIpc) is 2.39. The van der Waals surface area contributed by atoms with Crippen molar-refractivity contribution in [3.05, 3.63) is 29.8 Å². The lowest BCUT2D eigenvalue weighted by Gasteiger charge is -2.16. The molecule has 0 saturated carbocycles. The van der Waals surface area contributed by atoms with Crippen molar-refractivity contribution in [2.75, 3.05) is 11.9 Å². The monoisotopic (exact) mass is 255 g/mol. The molecule has 2 N–H and O–H groups in total. The van der Waals surface area contributed by atoms with Crippen LogP contribution in [0.5, 0.6) is 0 Å². The number of urea groups is 1. The summed E-state index contributed by atoms with van der Waals surface area (Å²) in [5.74, 6) is 5.44. The van der Waals surface area contributed by atoms with Gasteiger partial charge in [-0.2, -0.15) is 5.26 Å². The topological polar surface area (TPSA) is 64.9 Å². The SMILES string of the molecule is CC#CCNC(=O)Nc1ccc(C(C)(C)C#N)cc1. The molecule has 1 aromatic rings. The van der Waals surface area contributed by atoms with Crippen LogP contribution in [0.15, 0.2) is 24.3 Å². The van der Waals surface area contributed by atoms with Crippen LogP contribution < -0.4 is 10.6 Å². The van der Waals surface area contributed by atoms with Crippen LogP contribution in [-0.4, -0.2) is 12.6 Å². The Hall–Kier alpha value is -2.46. The van der Waals surface area contributed by atoms with Crippen LogP contribution in [0.2, 0.25) is 0 Å². The van der Waals surface area contributed by atoms with E-state index >= 15 is 0 Å². The molecule has 0 heterocycles. The maximum Gasteiger partial charge on any atom is 0.319 e. The molecule has 4 heteroatoms. The van der Waals surface area contributed by atoms with E-state index in [0.29, 0.717) is 12.2 Å². The number of benzene rings is 1. The maximum absolute atomic E-state index is 11.5. The number of rotatable bonds is 3. The zero-order valence-corrected chi connectivity index (χ0v) is 11.4. The van der Waals surface area contributed by atoms with Gasteiger partial charge in [-0.05, 0) is 38.5 Å². The van der Waals surface area contributed by atoms with E-state index in [4.69, 9.17) is 5.26 Å². The van der Waals surface area contributed by atoms with Crippen molar-refractivity contribution in [1.29, 1.82) is 5.26 Å². The highest BCUT2D eigenvalue weighted by Gasteiger charge is 2.19. The van der Waals surface area contributed by atoms with Crippen molar-refractivity contribution >= 4 is 11.7 Å². The van der Waals surface area contributed by atoms with Crippen molar-refractivity contribution in [2.45, 2.75) is 26.2 Å². The number of hydrogen-bond donors (Lipinski definition) is 2. The average molecular weight is 255 g/mol. The van der Waals surface area contributed by atoms with Gasteiger partial charge in [-0.1, -0.05) is 18.1 Å². The van der Waals surface area contributed by atoms with Crippen molar-refractivity contribution < 1.29 is 4.79 Å². The second-order valence-corrected chi connectivity index (χ2v) is 4.55. The van der Waals surface area contributed by atoms with Crippen molar-refractivity contribution in [3.63, 3.8) is 0 Å². The number of carbonyl (C=O) groups is 1. The largest absolute Gasteiger partial charge is 0.327 e. The Labute approximate surface area is 113 Å². The van der Waals surface area contributed by atoms with E-state index in [-0.39, 0.29) is 6.03 Å². The van der Waals surface area contributed by atoms with Crippen LogP contribution in [0.4, 0.5) is 10.5 Å². The highest BCUT2D eigenvalue weighted by molar-refractivity contribution is 5.89. The lowest BCUT2D eigenvalue weighted by molar-refractivity contribution is 0.253. The first-order valence-electron chi connectivity index (χ1n) is 5.96. The molecule has 0 saturated heterocycles. The number of nitrogens with one attached hydrogen (secondary N) is 2. The predicted molar refractivity (Wildman–Crippen MR) is 75.6 cm³/mol. The Morgan fingerprint density at radius 2 is 1.95 bits per heavy atom. The molecular weight excluding hydrogens is 238 g/mol. The Bertz CT molecular complexity index is 541. The molecule has 0 bridgehead atoms. The second-order valence-electron chi connectivity index (χ2n) is 4.55. The number of nitriles is 1. The van der Waals surface area contributed by atoms with Crippen molar-refractivity contribution in [2.24, 2.45) is 0 Å². The molecule has 0 spiro atoms. The van der Waals surface area contributed by atoms with E-state index in [9.17, 15) is 4.79 Å². The van der Waals surface area contributed by atoms with Gasteiger partial charge in [0.1, 0.15) is 0 Å². The molecule has 0 fully saturated rings. The number of amides is 2. The summed E-state index contributed by atoms with van der Waals surface area (Å²) in [4.78, 5) is 11.5. The lowest BCUT2D eigenvalue weighted by atomic mass is 9.86. The quantitative estimate of drug-likeness (QED) is 0.815. The Kier molecular flexibility index (Phi) is 4.97. The Morgan fingerprint density at radius 3 is 2.47 bits per heavy atom. The number of nitrogens with zero attached hydrogens (tertiary/aromatic N) is 1. The van der Waals surface area contributed by atoms with Gasteiger partial charge in [0.2, 0.25) is 0 Å². The molecule has 0 aliphatic heterocycles. The summed E-state index contributed by atoms with van der Waals surface area (Å²) >= 11 is 0. The van der Waals surface area contributed by atoms with Crippen LogP contribution in [0.3, 0.4) is 0 Å². The van der Waals surface area contributed by atoms with Gasteiger partial charge in [-0.3, -0.25) is 0 Å². The first kappa shape index (κ1) is 14.6. The Morgan fingerprint density at radius 1 is 1.32 bits per heavy atom. The standard InChI is InChI=1S/C15H17N3O/c1-4-5-10-17-14(19)18-13-8-6-12(7-9-13)15(2,3)11-16/h6-9H,10H2,1-3H3,(H2,17,18,19). The molecule has 1 aromatic carbocycles. The third-order valence-electron chi connectivity index (χ3n) is 2.66. The predicted octanol–water partition coefficient (Wildman–Crippen LogP) is 2.63. The van der Waals surface area contributed by atoms with Gasteiger partial charge in [0.25, 0.3) is 0 Å². The van der Waals surface area contributed by atoms with Crippen LogP contribution in [0, 0.1) is 23.2 Å². The lowest BCUT2D eigenvalue weighted by Crippen LogP contribution is -2.28. The molecule has 0 atom stereocenters. The van der Waals surface area contributed by atoms with Gasteiger partial charge in [-0.15, -0.1) is 5.92 Å². The summed E-state index contributed by atoms with van der Waals surface area (Å²) in [7, 11) is 0. The zero-order chi connectivity index (χ0) is 14.3. The molecule has 0 aliphatic rings. The molecule has 4 nitrogen and oxygen atoms in total. The van der Waals surface area contributed by atoms with E-state index in [1.165, 1.54) is 0 Å². The van der Waals surface area contributed by atoms with E-state index in [1.54, 1.807) is 19.1 Å². The second kappa shape index (κ2) is 6.47. The minimum absolute atomic E-state index is 0.296. The summed E-state index contributed by atoms with van der Waals surface area (Å²) in [6.45, 7) is 5.74. The van der Waals surface area contributed by atoms with Crippen molar-refractivity contribution in [3.8, 4) is 17.9 Å². The van der Waals surface area contributed by atoms with Gasteiger partial charge >= 0.3 is 6.03 Å². The fourth-order valence-corrected chi connectivity index (χ4v) is 1.42. The summed E-state index contributed by atoms with van der Waals surface area (Å²) in [5.41, 5.74) is 1.06. The number of anilines is 1. The first-order chi connectivity index (χ1) is 8.99. The summed E-state index contributed by atoms with van der Waals surface area (Å²) in [5, 5.41) is 14.3. The fourth-order valence-electron chi connectivity index (χ4n) is 1.42. The third kappa shape index (κ3) is 4.37. The van der Waals surface area contributed by atoms with E-state index in [0.717, 1.165) is 5.56 Å². The first-order valence-corrected chi connectivity index (χ1v) is 5.96. The molecule has 0 radical (unpaired) electrons. The number of hydrogen-bond acceptors (Lipinski definition) is 2. The normalized spacial score (nSPS) is 9.79. The molecular formula is C15H17N3O. The molecule has 0 unspecified atom stereocenters. The number of carbonyl (C=O) groups excluding carboxylic acids is 1. The van der Waals surface area contributed by atoms with E-state index in [2.05, 4.69) is 28.5 Å². The molecule has 2 amide bonds. The van der Waals surface area contributed by atoms with E-state index < -0.39 is 5.41 Å². The summed E-state index contributed by atoms with van der Waals surface area (Å²) in [6, 6.07) is 9.17. The third-order valence-corrected chi connectivity index (χ3v) is 2.66. The summed E-state index contributed by atoms with van der Waals surface area (Å²) in [6.07, 6.45) is 0. The molecule has 98 valence electrons. The highest BCUT2D eigenvalue weighted by atomic mass is 16.2. The summed E-state index contributed by atoms with van der Waals surface area (Å²) < 4.78 is 0. The Balaban J connectivity index is 2.64. The smallest absolute Gasteiger partial charge is 0.319 e. The van der Waals surface area contributed by atoms with Crippen LogP contribution >= 0.6 is 0 Å². The van der Waals surface area contributed by atoms with Gasteiger partial charge in [-0.25, -0.2) is 4.79 Å². The van der Waals surface area contributed by atoms with Gasteiger partial charge in [0.05, 0.1) is 18.0 Å². The minimum atomic E-state index is -0.530. The van der Waals surface area contributed by atoms with Crippen molar-refractivity contribution in [1.82, 2.24) is 5.32 Å². The maximum atomic E-state index is 11.5. The molecule has 0 aliphatic carbocycles. The van der Waals surface area contributed by atoms with Gasteiger partial charge in [0, 0.05) is 5.69 Å².